The summed E-state index contributed by atoms with van der Waals surface area (Å²) >= 11 is 0. The fraction of sp³-hybridized carbons (Fsp3) is 0.368. The summed E-state index contributed by atoms with van der Waals surface area (Å²) in [4.78, 5) is 24.7. The van der Waals surface area contributed by atoms with E-state index in [1.165, 1.54) is 31.2 Å². The van der Waals surface area contributed by atoms with E-state index >= 15 is 0 Å². The lowest BCUT2D eigenvalue weighted by molar-refractivity contribution is 0.0318. The van der Waals surface area contributed by atoms with Crippen molar-refractivity contribution in [1.82, 2.24) is 4.57 Å². The number of hydrogen-bond acceptors (Lipinski definition) is 3. The van der Waals surface area contributed by atoms with E-state index in [9.17, 15) is 14.0 Å². The zero-order valence-electron chi connectivity index (χ0n) is 14.0. The molecule has 24 heavy (non-hydrogen) atoms. The predicted octanol–water partition coefficient (Wildman–Crippen LogP) is 4.01. The van der Waals surface area contributed by atoms with Crippen LogP contribution in [0.25, 0.3) is 0 Å². The normalized spacial score (nSPS) is 15.2. The lowest BCUT2D eigenvalue weighted by Gasteiger charge is -2.13. The van der Waals surface area contributed by atoms with E-state index in [2.05, 4.69) is 4.57 Å². The Balaban J connectivity index is 1.73. The average Bonchev–Trinajstić information content (AvgIpc) is 3.32. The third-order valence-corrected chi connectivity index (χ3v) is 4.40. The molecule has 0 amide bonds. The molecule has 1 fully saturated rings. The lowest BCUT2D eigenvalue weighted by Crippen LogP contribution is -2.24. The molecule has 1 aliphatic carbocycles. The van der Waals surface area contributed by atoms with Gasteiger partial charge in [-0.25, -0.2) is 9.18 Å². The van der Waals surface area contributed by atoms with Crippen LogP contribution < -0.4 is 0 Å². The second-order valence-electron chi connectivity index (χ2n) is 6.30. The van der Waals surface area contributed by atoms with Gasteiger partial charge < -0.3 is 9.30 Å². The van der Waals surface area contributed by atoms with Crippen molar-refractivity contribution in [3.63, 3.8) is 0 Å². The molecule has 0 aliphatic heterocycles. The molecule has 2 aromatic rings. The first-order chi connectivity index (χ1) is 11.4. The van der Waals surface area contributed by atoms with Crippen LogP contribution in [-0.4, -0.2) is 22.4 Å². The molecule has 5 heteroatoms. The van der Waals surface area contributed by atoms with Gasteiger partial charge in [0.2, 0.25) is 5.78 Å². The molecule has 1 aromatic heterocycles. The van der Waals surface area contributed by atoms with E-state index in [1.807, 2.05) is 19.9 Å². The number of carbonyl (C=O) groups excluding carboxylic acids is 2. The highest BCUT2D eigenvalue weighted by Crippen LogP contribution is 2.38. The van der Waals surface area contributed by atoms with Gasteiger partial charge in [0.25, 0.3) is 0 Å². The van der Waals surface area contributed by atoms with Crippen molar-refractivity contribution in [3.8, 4) is 0 Å². The van der Waals surface area contributed by atoms with Gasteiger partial charge in [0.05, 0.1) is 5.56 Å². The molecule has 0 N–H and O–H groups in total. The summed E-state index contributed by atoms with van der Waals surface area (Å²) < 4.78 is 20.4. The van der Waals surface area contributed by atoms with Crippen molar-refractivity contribution < 1.29 is 18.7 Å². The van der Waals surface area contributed by atoms with Gasteiger partial charge in [0.1, 0.15) is 5.82 Å². The number of carbonyl (C=O) groups is 2. The van der Waals surface area contributed by atoms with E-state index in [-0.39, 0.29) is 5.78 Å². The Bertz CT molecular complexity index is 788. The molecule has 0 radical (unpaired) electrons. The largest absolute Gasteiger partial charge is 0.451 e. The number of hydrogen-bond donors (Lipinski definition) is 0. The van der Waals surface area contributed by atoms with Gasteiger partial charge in [-0.3, -0.25) is 4.79 Å². The van der Waals surface area contributed by atoms with E-state index in [1.54, 1.807) is 0 Å². The van der Waals surface area contributed by atoms with Crippen LogP contribution >= 0.6 is 0 Å². The topological polar surface area (TPSA) is 48.3 Å². The maximum Gasteiger partial charge on any atom is 0.340 e. The smallest absolute Gasteiger partial charge is 0.340 e. The fourth-order valence-corrected chi connectivity index (χ4v) is 3.00. The van der Waals surface area contributed by atoms with Crippen LogP contribution in [0.1, 0.15) is 57.9 Å². The summed E-state index contributed by atoms with van der Waals surface area (Å²) in [6, 6.07) is 7.49. The monoisotopic (exact) mass is 329 g/mol. The number of ketones is 1. The molecule has 1 aromatic carbocycles. The summed E-state index contributed by atoms with van der Waals surface area (Å²) in [5, 5.41) is 0. The minimum atomic E-state index is -0.924. The van der Waals surface area contributed by atoms with Crippen LogP contribution in [0.3, 0.4) is 0 Å². The Hall–Kier alpha value is -2.43. The minimum absolute atomic E-state index is 0.320. The third-order valence-electron chi connectivity index (χ3n) is 4.40. The zero-order chi connectivity index (χ0) is 17.4. The van der Waals surface area contributed by atoms with Crippen LogP contribution in [-0.2, 0) is 4.74 Å². The Morgan fingerprint density at radius 3 is 2.42 bits per heavy atom. The number of benzene rings is 1. The zero-order valence-corrected chi connectivity index (χ0v) is 14.0. The van der Waals surface area contributed by atoms with Crippen molar-refractivity contribution in [2.75, 3.05) is 0 Å². The molecule has 126 valence electrons. The maximum absolute atomic E-state index is 12.9. The van der Waals surface area contributed by atoms with Crippen molar-refractivity contribution in [2.24, 2.45) is 0 Å². The number of Topliss-reactive ketones (excluding diaryl/α,β-unsaturated/α-hetero) is 1. The number of ether oxygens (including phenoxy) is 1. The minimum Gasteiger partial charge on any atom is -0.451 e. The first kappa shape index (κ1) is 16.4. The second-order valence-corrected chi connectivity index (χ2v) is 6.30. The highest BCUT2D eigenvalue weighted by atomic mass is 19.1. The fourth-order valence-electron chi connectivity index (χ4n) is 3.00. The van der Waals surface area contributed by atoms with Crippen LogP contribution in [0.15, 0.2) is 30.3 Å². The predicted molar refractivity (Wildman–Crippen MR) is 87.8 cm³/mol. The number of halogens is 1. The van der Waals surface area contributed by atoms with Crippen LogP contribution in [0.2, 0.25) is 0 Å². The SMILES string of the molecule is Cc1cc(C(=O)O[C@@H](C)C(=O)c2ccc(F)cc2)c(C)n1C1CC1. The molecule has 1 atom stereocenters. The Morgan fingerprint density at radius 2 is 1.83 bits per heavy atom. The van der Waals surface area contributed by atoms with Crippen molar-refractivity contribution in [3.05, 3.63) is 58.7 Å². The molecule has 1 saturated carbocycles. The van der Waals surface area contributed by atoms with Crippen LogP contribution in [0.5, 0.6) is 0 Å². The molecule has 1 heterocycles. The highest BCUT2D eigenvalue weighted by molar-refractivity contribution is 6.01. The second kappa shape index (κ2) is 6.23. The van der Waals surface area contributed by atoms with Crippen LogP contribution in [0, 0.1) is 19.7 Å². The summed E-state index contributed by atoms with van der Waals surface area (Å²) in [6.45, 7) is 5.40. The average molecular weight is 329 g/mol. The van der Waals surface area contributed by atoms with Crippen molar-refractivity contribution >= 4 is 11.8 Å². The van der Waals surface area contributed by atoms with Gasteiger partial charge >= 0.3 is 5.97 Å². The number of esters is 1. The number of aryl methyl sites for hydroxylation is 1. The lowest BCUT2D eigenvalue weighted by atomic mass is 10.1. The van der Waals surface area contributed by atoms with Crippen LogP contribution in [0.4, 0.5) is 4.39 Å². The summed E-state index contributed by atoms with van der Waals surface area (Å²) in [6.07, 6.45) is 1.33. The standard InChI is InChI=1S/C19H20FNO3/c1-11-10-17(12(2)21(11)16-8-9-16)19(23)24-13(3)18(22)14-4-6-15(20)7-5-14/h4-7,10,13,16H,8-9H2,1-3H3/t13-/m0/s1. The molecule has 4 nitrogen and oxygen atoms in total. The molecule has 0 bridgehead atoms. The maximum atomic E-state index is 12.9. The van der Waals surface area contributed by atoms with Gasteiger partial charge in [-0.05, 0) is 63.9 Å². The first-order valence-corrected chi connectivity index (χ1v) is 8.07. The molecular weight excluding hydrogens is 309 g/mol. The molecule has 0 unspecified atom stereocenters. The molecular formula is C19H20FNO3. The Morgan fingerprint density at radius 1 is 1.21 bits per heavy atom. The van der Waals surface area contributed by atoms with Crippen molar-refractivity contribution in [2.45, 2.75) is 45.8 Å². The Kier molecular flexibility index (Phi) is 4.26. The van der Waals surface area contributed by atoms with E-state index in [0.29, 0.717) is 17.2 Å². The van der Waals surface area contributed by atoms with Gasteiger partial charge in [-0.1, -0.05) is 0 Å². The Labute approximate surface area is 140 Å². The first-order valence-electron chi connectivity index (χ1n) is 8.07. The van der Waals surface area contributed by atoms with Gasteiger partial charge in [0, 0.05) is 23.0 Å². The summed E-state index contributed by atoms with van der Waals surface area (Å²) in [7, 11) is 0. The van der Waals surface area contributed by atoms with Gasteiger partial charge in [-0.15, -0.1) is 0 Å². The quantitative estimate of drug-likeness (QED) is 0.615. The number of rotatable bonds is 5. The number of nitrogens with zero attached hydrogens (tertiary/aromatic N) is 1. The van der Waals surface area contributed by atoms with Gasteiger partial charge in [-0.2, -0.15) is 0 Å². The highest BCUT2D eigenvalue weighted by Gasteiger charge is 2.29. The molecule has 0 spiro atoms. The number of aromatic nitrogens is 1. The third kappa shape index (κ3) is 3.11. The molecule has 1 aliphatic rings. The molecule has 0 saturated heterocycles. The van der Waals surface area contributed by atoms with E-state index < -0.39 is 17.9 Å². The van der Waals surface area contributed by atoms with Gasteiger partial charge in [0.15, 0.2) is 6.10 Å². The summed E-state index contributed by atoms with van der Waals surface area (Å²) in [5.41, 5.74) is 2.72. The summed E-state index contributed by atoms with van der Waals surface area (Å²) in [5.74, 6) is -1.26. The van der Waals surface area contributed by atoms with E-state index in [4.69, 9.17) is 4.74 Å². The van der Waals surface area contributed by atoms with Crippen molar-refractivity contribution in [1.29, 1.82) is 0 Å². The van der Waals surface area contributed by atoms with E-state index in [0.717, 1.165) is 24.2 Å². The molecule has 3 rings (SSSR count).